The SMILES string of the molecule is CC(NC(=O)CCc1ccccc1Cl)c1ccncc1. The average molecular weight is 289 g/mol. The van der Waals surface area contributed by atoms with Gasteiger partial charge in [0.15, 0.2) is 0 Å². The van der Waals surface area contributed by atoms with Crippen molar-refractivity contribution in [3.63, 3.8) is 0 Å². The van der Waals surface area contributed by atoms with Crippen LogP contribution in [0.1, 0.15) is 30.5 Å². The molecule has 0 radical (unpaired) electrons. The smallest absolute Gasteiger partial charge is 0.220 e. The summed E-state index contributed by atoms with van der Waals surface area (Å²) < 4.78 is 0. The molecule has 0 spiro atoms. The molecule has 2 rings (SSSR count). The molecule has 3 nitrogen and oxygen atoms in total. The number of halogens is 1. The lowest BCUT2D eigenvalue weighted by atomic mass is 10.1. The molecule has 1 unspecified atom stereocenters. The fourth-order valence-corrected chi connectivity index (χ4v) is 2.23. The van der Waals surface area contributed by atoms with Gasteiger partial charge in [-0.3, -0.25) is 9.78 Å². The molecule has 1 amide bonds. The molecular weight excluding hydrogens is 272 g/mol. The van der Waals surface area contributed by atoms with Crippen LogP contribution in [-0.2, 0) is 11.2 Å². The number of nitrogens with one attached hydrogen (secondary N) is 1. The first-order valence-corrected chi connectivity index (χ1v) is 6.97. The minimum atomic E-state index is -0.0169. The zero-order valence-corrected chi connectivity index (χ0v) is 12.1. The van der Waals surface area contributed by atoms with Crippen molar-refractivity contribution in [1.82, 2.24) is 10.3 Å². The van der Waals surface area contributed by atoms with Gasteiger partial charge in [-0.15, -0.1) is 0 Å². The third-order valence-corrected chi connectivity index (χ3v) is 3.53. The Morgan fingerprint density at radius 2 is 1.95 bits per heavy atom. The maximum Gasteiger partial charge on any atom is 0.220 e. The summed E-state index contributed by atoms with van der Waals surface area (Å²) in [5.41, 5.74) is 2.05. The Bertz CT molecular complexity index is 572. The molecule has 0 saturated heterocycles. The van der Waals surface area contributed by atoms with Crippen LogP contribution in [0.15, 0.2) is 48.8 Å². The highest BCUT2D eigenvalue weighted by molar-refractivity contribution is 6.31. The molecule has 1 aromatic carbocycles. The largest absolute Gasteiger partial charge is 0.350 e. The first-order valence-electron chi connectivity index (χ1n) is 6.59. The molecule has 0 aliphatic rings. The summed E-state index contributed by atoms with van der Waals surface area (Å²) in [6.07, 6.45) is 4.52. The minimum absolute atomic E-state index is 0.0169. The third-order valence-electron chi connectivity index (χ3n) is 3.16. The van der Waals surface area contributed by atoms with Crippen LogP contribution in [0.2, 0.25) is 5.02 Å². The second-order valence-corrected chi connectivity index (χ2v) is 5.07. The Morgan fingerprint density at radius 3 is 2.65 bits per heavy atom. The minimum Gasteiger partial charge on any atom is -0.350 e. The molecule has 1 aromatic heterocycles. The topological polar surface area (TPSA) is 42.0 Å². The standard InChI is InChI=1S/C16H17ClN2O/c1-12(13-8-10-18-11-9-13)19-16(20)7-6-14-4-2-3-5-15(14)17/h2-5,8-12H,6-7H2,1H3,(H,19,20). The van der Waals surface area contributed by atoms with E-state index in [2.05, 4.69) is 10.3 Å². The molecule has 2 aromatic rings. The number of carbonyl (C=O) groups excluding carboxylic acids is 1. The fraction of sp³-hybridized carbons (Fsp3) is 0.250. The lowest BCUT2D eigenvalue weighted by molar-refractivity contribution is -0.121. The van der Waals surface area contributed by atoms with Crippen molar-refractivity contribution in [2.45, 2.75) is 25.8 Å². The number of hydrogen-bond donors (Lipinski definition) is 1. The van der Waals surface area contributed by atoms with Crippen molar-refractivity contribution in [3.8, 4) is 0 Å². The Hall–Kier alpha value is -1.87. The van der Waals surface area contributed by atoms with Crippen LogP contribution in [0.5, 0.6) is 0 Å². The van der Waals surface area contributed by atoms with Crippen LogP contribution in [0.25, 0.3) is 0 Å². The highest BCUT2D eigenvalue weighted by atomic mass is 35.5. The van der Waals surface area contributed by atoms with Crippen LogP contribution in [-0.4, -0.2) is 10.9 Å². The molecule has 104 valence electrons. The van der Waals surface area contributed by atoms with E-state index in [4.69, 9.17) is 11.6 Å². The predicted molar refractivity (Wildman–Crippen MR) is 80.6 cm³/mol. The van der Waals surface area contributed by atoms with Crippen molar-refractivity contribution < 1.29 is 4.79 Å². The monoisotopic (exact) mass is 288 g/mol. The summed E-state index contributed by atoms with van der Waals surface area (Å²) in [7, 11) is 0. The maximum absolute atomic E-state index is 11.9. The highest BCUT2D eigenvalue weighted by Gasteiger charge is 2.10. The van der Waals surface area contributed by atoms with E-state index in [1.165, 1.54) is 0 Å². The van der Waals surface area contributed by atoms with Gasteiger partial charge in [0.2, 0.25) is 5.91 Å². The zero-order chi connectivity index (χ0) is 14.4. The summed E-state index contributed by atoms with van der Waals surface area (Å²) in [5.74, 6) is 0.0224. The van der Waals surface area contributed by atoms with Crippen LogP contribution >= 0.6 is 11.6 Å². The maximum atomic E-state index is 11.9. The summed E-state index contributed by atoms with van der Waals surface area (Å²) in [5, 5.41) is 3.69. The number of aryl methyl sites for hydroxylation is 1. The summed E-state index contributed by atoms with van der Waals surface area (Å²) in [6.45, 7) is 1.96. The third kappa shape index (κ3) is 4.07. The quantitative estimate of drug-likeness (QED) is 0.914. The van der Waals surface area contributed by atoms with Crippen LogP contribution in [0, 0.1) is 0 Å². The van der Waals surface area contributed by atoms with E-state index in [1.54, 1.807) is 12.4 Å². The van der Waals surface area contributed by atoms with Gasteiger partial charge in [-0.2, -0.15) is 0 Å². The molecule has 1 atom stereocenters. The summed E-state index contributed by atoms with van der Waals surface area (Å²) in [4.78, 5) is 15.9. The van der Waals surface area contributed by atoms with E-state index in [9.17, 15) is 4.79 Å². The molecule has 20 heavy (non-hydrogen) atoms. The van der Waals surface area contributed by atoms with E-state index in [-0.39, 0.29) is 11.9 Å². The number of rotatable bonds is 5. The van der Waals surface area contributed by atoms with E-state index < -0.39 is 0 Å². The molecule has 1 N–H and O–H groups in total. The second kappa shape index (κ2) is 7.06. The Labute approximate surface area is 124 Å². The molecule has 0 saturated carbocycles. The van der Waals surface area contributed by atoms with Gasteiger partial charge in [0.05, 0.1) is 6.04 Å². The van der Waals surface area contributed by atoms with E-state index in [1.807, 2.05) is 43.3 Å². The summed E-state index contributed by atoms with van der Waals surface area (Å²) >= 11 is 6.07. The van der Waals surface area contributed by atoms with Gasteiger partial charge >= 0.3 is 0 Å². The lowest BCUT2D eigenvalue weighted by Gasteiger charge is -2.14. The van der Waals surface area contributed by atoms with E-state index >= 15 is 0 Å². The molecule has 1 heterocycles. The van der Waals surface area contributed by atoms with Crippen LogP contribution in [0.4, 0.5) is 0 Å². The van der Waals surface area contributed by atoms with E-state index in [0.717, 1.165) is 11.1 Å². The van der Waals surface area contributed by atoms with Gasteiger partial charge in [-0.1, -0.05) is 29.8 Å². The van der Waals surface area contributed by atoms with E-state index in [0.29, 0.717) is 17.9 Å². The molecule has 0 aliphatic heterocycles. The van der Waals surface area contributed by atoms with Crippen molar-refractivity contribution in [3.05, 3.63) is 64.9 Å². The summed E-state index contributed by atoms with van der Waals surface area (Å²) in [6, 6.07) is 11.4. The number of pyridine rings is 1. The molecule has 0 bridgehead atoms. The Balaban J connectivity index is 1.86. The number of hydrogen-bond acceptors (Lipinski definition) is 2. The molecule has 0 aliphatic carbocycles. The highest BCUT2D eigenvalue weighted by Crippen LogP contribution is 2.17. The Morgan fingerprint density at radius 1 is 1.25 bits per heavy atom. The van der Waals surface area contributed by atoms with Gasteiger partial charge in [0, 0.05) is 23.8 Å². The normalized spacial score (nSPS) is 11.9. The average Bonchev–Trinajstić information content (AvgIpc) is 2.47. The van der Waals surface area contributed by atoms with Crippen LogP contribution < -0.4 is 5.32 Å². The lowest BCUT2D eigenvalue weighted by Crippen LogP contribution is -2.26. The number of aromatic nitrogens is 1. The first-order chi connectivity index (χ1) is 9.66. The van der Waals surface area contributed by atoms with Gasteiger partial charge in [0.1, 0.15) is 0 Å². The Kier molecular flexibility index (Phi) is 5.13. The van der Waals surface area contributed by atoms with Crippen molar-refractivity contribution >= 4 is 17.5 Å². The number of benzene rings is 1. The van der Waals surface area contributed by atoms with Crippen LogP contribution in [0.3, 0.4) is 0 Å². The molecule has 4 heteroatoms. The second-order valence-electron chi connectivity index (χ2n) is 4.66. The van der Waals surface area contributed by atoms with Crippen molar-refractivity contribution in [1.29, 1.82) is 0 Å². The van der Waals surface area contributed by atoms with Crippen molar-refractivity contribution in [2.75, 3.05) is 0 Å². The first kappa shape index (κ1) is 14.5. The molecular formula is C16H17ClN2O. The number of carbonyl (C=O) groups is 1. The van der Waals surface area contributed by atoms with Gasteiger partial charge in [-0.05, 0) is 42.7 Å². The van der Waals surface area contributed by atoms with Crippen molar-refractivity contribution in [2.24, 2.45) is 0 Å². The van der Waals surface area contributed by atoms with Gasteiger partial charge < -0.3 is 5.32 Å². The molecule has 0 fully saturated rings. The zero-order valence-electron chi connectivity index (χ0n) is 11.3. The predicted octanol–water partition coefficient (Wildman–Crippen LogP) is 3.55. The number of nitrogens with zero attached hydrogens (tertiary/aromatic N) is 1. The van der Waals surface area contributed by atoms with Gasteiger partial charge in [0.25, 0.3) is 0 Å². The van der Waals surface area contributed by atoms with Gasteiger partial charge in [-0.25, -0.2) is 0 Å². The number of amides is 1. The fourth-order valence-electron chi connectivity index (χ4n) is 2.00.